The average molecular weight is 203 g/mol. The summed E-state index contributed by atoms with van der Waals surface area (Å²) in [6, 6.07) is 0. The number of thioether (sulfide) groups is 1. The molecule has 0 radical (unpaired) electrons. The normalized spacial score (nSPS) is 34.9. The molecule has 0 aliphatic carbocycles. The summed E-state index contributed by atoms with van der Waals surface area (Å²) in [6.45, 7) is 2.01. The molecule has 4 heteroatoms. The molecule has 0 saturated carbocycles. The van der Waals surface area contributed by atoms with Crippen LogP contribution >= 0.6 is 11.8 Å². The van der Waals surface area contributed by atoms with Crippen molar-refractivity contribution < 1.29 is 9.90 Å². The van der Waals surface area contributed by atoms with Crippen LogP contribution in [0.4, 0.5) is 0 Å². The fourth-order valence-electron chi connectivity index (χ4n) is 2.00. The van der Waals surface area contributed by atoms with E-state index in [2.05, 4.69) is 0 Å². The highest BCUT2D eigenvalue weighted by Gasteiger charge is 2.47. The summed E-state index contributed by atoms with van der Waals surface area (Å²) >= 11 is 1.76. The quantitative estimate of drug-likeness (QED) is 0.734. The summed E-state index contributed by atoms with van der Waals surface area (Å²) in [5.41, 5.74) is -0.650. The van der Waals surface area contributed by atoms with Gasteiger partial charge in [0, 0.05) is 5.25 Å². The van der Waals surface area contributed by atoms with Crippen LogP contribution in [0.5, 0.6) is 0 Å². The van der Waals surface area contributed by atoms with E-state index in [9.17, 15) is 9.90 Å². The van der Waals surface area contributed by atoms with E-state index in [0.29, 0.717) is 0 Å². The van der Waals surface area contributed by atoms with Crippen molar-refractivity contribution in [3.05, 3.63) is 0 Å². The Morgan fingerprint density at radius 3 is 2.54 bits per heavy atom. The van der Waals surface area contributed by atoms with Gasteiger partial charge in [-0.3, -0.25) is 9.69 Å². The van der Waals surface area contributed by atoms with E-state index >= 15 is 0 Å². The predicted octanol–water partition coefficient (Wildman–Crippen LogP) is 1.29. The molecule has 0 aromatic heterocycles. The molecule has 1 N–H and O–H groups in total. The zero-order chi connectivity index (χ0) is 10.1. The Bertz CT molecular complexity index is 208. The molecule has 13 heavy (non-hydrogen) atoms. The van der Waals surface area contributed by atoms with Crippen LogP contribution in [0.2, 0.25) is 0 Å². The maximum Gasteiger partial charge on any atom is 0.325 e. The summed E-state index contributed by atoms with van der Waals surface area (Å²) < 4.78 is 0. The molecule has 0 bridgehead atoms. The first-order chi connectivity index (χ1) is 6.01. The summed E-state index contributed by atoms with van der Waals surface area (Å²) in [7, 11) is 3.72. The molecule has 1 fully saturated rings. The number of carbonyl (C=O) groups is 1. The third kappa shape index (κ3) is 1.70. The van der Waals surface area contributed by atoms with Crippen LogP contribution in [0, 0.1) is 0 Å². The number of carboxylic acid groups (broad SMARTS) is 1. The van der Waals surface area contributed by atoms with E-state index < -0.39 is 11.5 Å². The first-order valence-corrected chi connectivity index (χ1v) is 5.59. The lowest BCUT2D eigenvalue weighted by atomic mass is 9.88. The molecule has 0 aromatic carbocycles. The Kier molecular flexibility index (Phi) is 3.24. The van der Waals surface area contributed by atoms with Crippen molar-refractivity contribution in [1.29, 1.82) is 0 Å². The number of likely N-dealkylation sites (N-methyl/N-ethyl adjacent to an activating group) is 1. The van der Waals surface area contributed by atoms with Crippen LogP contribution < -0.4 is 0 Å². The number of hydrogen-bond donors (Lipinski definition) is 1. The van der Waals surface area contributed by atoms with Gasteiger partial charge in [0.25, 0.3) is 0 Å². The lowest BCUT2D eigenvalue weighted by molar-refractivity contribution is -0.150. The van der Waals surface area contributed by atoms with Crippen molar-refractivity contribution in [3.8, 4) is 0 Å². The number of aliphatic carboxylic acids is 1. The van der Waals surface area contributed by atoms with Crippen LogP contribution in [-0.2, 0) is 4.79 Å². The maximum atomic E-state index is 11.3. The summed E-state index contributed by atoms with van der Waals surface area (Å²) in [5, 5.41) is 9.45. The molecule has 1 aliphatic heterocycles. The van der Waals surface area contributed by atoms with E-state index in [-0.39, 0.29) is 5.25 Å². The van der Waals surface area contributed by atoms with Gasteiger partial charge in [-0.1, -0.05) is 6.92 Å². The van der Waals surface area contributed by atoms with Crippen molar-refractivity contribution in [1.82, 2.24) is 4.90 Å². The molecular formula is C9H17NO2S. The standard InChI is InChI=1S/C9H17NO2S/c1-7-9(8(11)12,10(2)3)5-4-6-13-7/h7H,4-6H2,1-3H3,(H,11,12). The van der Waals surface area contributed by atoms with Gasteiger partial charge in [0.15, 0.2) is 0 Å². The van der Waals surface area contributed by atoms with Crippen LogP contribution in [0.15, 0.2) is 0 Å². The second-order valence-electron chi connectivity index (χ2n) is 3.74. The first-order valence-electron chi connectivity index (χ1n) is 4.54. The van der Waals surface area contributed by atoms with Gasteiger partial charge in [0.05, 0.1) is 0 Å². The topological polar surface area (TPSA) is 40.5 Å². The predicted molar refractivity (Wildman–Crippen MR) is 55.2 cm³/mol. The molecule has 0 spiro atoms. The minimum Gasteiger partial charge on any atom is -0.480 e. The van der Waals surface area contributed by atoms with Gasteiger partial charge in [-0.25, -0.2) is 0 Å². The Morgan fingerprint density at radius 1 is 1.62 bits per heavy atom. The maximum absolute atomic E-state index is 11.3. The molecule has 0 aromatic rings. The van der Waals surface area contributed by atoms with Crippen molar-refractivity contribution in [3.63, 3.8) is 0 Å². The summed E-state index contributed by atoms with van der Waals surface area (Å²) in [6.07, 6.45) is 1.77. The van der Waals surface area contributed by atoms with Gasteiger partial charge in [-0.05, 0) is 32.7 Å². The summed E-state index contributed by atoms with van der Waals surface area (Å²) in [5.74, 6) is 0.404. The smallest absolute Gasteiger partial charge is 0.325 e. The van der Waals surface area contributed by atoms with Crippen LogP contribution in [0.1, 0.15) is 19.8 Å². The third-order valence-electron chi connectivity index (χ3n) is 2.91. The zero-order valence-electron chi connectivity index (χ0n) is 8.41. The largest absolute Gasteiger partial charge is 0.480 e. The van der Waals surface area contributed by atoms with Crippen LogP contribution in [0.25, 0.3) is 0 Å². The van der Waals surface area contributed by atoms with Gasteiger partial charge >= 0.3 is 5.97 Å². The Hall–Kier alpha value is -0.220. The molecule has 1 heterocycles. The van der Waals surface area contributed by atoms with Gasteiger partial charge in [-0.15, -0.1) is 0 Å². The summed E-state index contributed by atoms with van der Waals surface area (Å²) in [4.78, 5) is 13.1. The van der Waals surface area contributed by atoms with E-state index in [1.165, 1.54) is 0 Å². The molecule has 1 aliphatic rings. The third-order valence-corrected chi connectivity index (χ3v) is 4.33. The molecule has 1 rings (SSSR count). The lowest BCUT2D eigenvalue weighted by Gasteiger charge is -2.43. The van der Waals surface area contributed by atoms with Crippen molar-refractivity contribution in [2.75, 3.05) is 19.8 Å². The number of carboxylic acids is 1. The molecule has 2 unspecified atom stereocenters. The monoisotopic (exact) mass is 203 g/mol. The van der Waals surface area contributed by atoms with E-state index in [4.69, 9.17) is 0 Å². The van der Waals surface area contributed by atoms with Gasteiger partial charge in [0.2, 0.25) is 0 Å². The van der Waals surface area contributed by atoms with Crippen molar-refractivity contribution >= 4 is 17.7 Å². The highest BCUT2D eigenvalue weighted by molar-refractivity contribution is 8.00. The molecule has 3 nitrogen and oxygen atoms in total. The van der Waals surface area contributed by atoms with Crippen LogP contribution in [-0.4, -0.2) is 46.6 Å². The molecule has 2 atom stereocenters. The lowest BCUT2D eigenvalue weighted by Crippen LogP contribution is -2.58. The van der Waals surface area contributed by atoms with Gasteiger partial charge < -0.3 is 5.11 Å². The number of hydrogen-bond acceptors (Lipinski definition) is 3. The number of nitrogens with zero attached hydrogens (tertiary/aromatic N) is 1. The van der Waals surface area contributed by atoms with E-state index in [1.807, 2.05) is 25.9 Å². The fourth-order valence-corrected chi connectivity index (χ4v) is 3.37. The fraction of sp³-hybridized carbons (Fsp3) is 0.889. The van der Waals surface area contributed by atoms with Gasteiger partial charge in [0.1, 0.15) is 5.54 Å². The van der Waals surface area contributed by atoms with Crippen molar-refractivity contribution in [2.24, 2.45) is 0 Å². The van der Waals surface area contributed by atoms with Crippen LogP contribution in [0.3, 0.4) is 0 Å². The van der Waals surface area contributed by atoms with E-state index in [1.54, 1.807) is 11.8 Å². The second kappa shape index (κ2) is 3.88. The highest BCUT2D eigenvalue weighted by atomic mass is 32.2. The van der Waals surface area contributed by atoms with Crippen molar-refractivity contribution in [2.45, 2.75) is 30.6 Å². The minimum atomic E-state index is -0.683. The Labute approximate surface area is 83.5 Å². The minimum absolute atomic E-state index is 0.175. The van der Waals surface area contributed by atoms with E-state index in [0.717, 1.165) is 18.6 Å². The average Bonchev–Trinajstić information content (AvgIpc) is 2.04. The zero-order valence-corrected chi connectivity index (χ0v) is 9.23. The molecule has 0 amide bonds. The molecular weight excluding hydrogens is 186 g/mol. The molecule has 76 valence electrons. The molecule has 1 saturated heterocycles. The Morgan fingerprint density at radius 2 is 2.23 bits per heavy atom. The Balaban J connectivity index is 2.93. The first kappa shape index (κ1) is 10.9. The second-order valence-corrected chi connectivity index (χ2v) is 5.19. The number of rotatable bonds is 2. The van der Waals surface area contributed by atoms with Gasteiger partial charge in [-0.2, -0.15) is 11.8 Å². The SMILES string of the molecule is CC1SCCCC1(C(=O)O)N(C)C. The highest BCUT2D eigenvalue weighted by Crippen LogP contribution is 2.37.